The topological polar surface area (TPSA) is 176 Å². The number of unbranched alkanes of at least 4 members (excludes halogenated alkanes) is 1. The van der Waals surface area contributed by atoms with Crippen LogP contribution in [0.3, 0.4) is 0 Å². The van der Waals surface area contributed by atoms with Crippen LogP contribution in [0, 0.1) is 0 Å². The summed E-state index contributed by atoms with van der Waals surface area (Å²) in [6.45, 7) is 0.513. The zero-order valence-electron chi connectivity index (χ0n) is 14.4. The molecule has 0 aromatic carbocycles. The first-order chi connectivity index (χ1) is 12.4. The van der Waals surface area contributed by atoms with Gasteiger partial charge < -0.3 is 32.2 Å². The molecule has 0 spiro atoms. The van der Waals surface area contributed by atoms with Gasteiger partial charge in [0.1, 0.15) is 12.1 Å². The van der Waals surface area contributed by atoms with E-state index in [1.165, 1.54) is 12.5 Å². The maximum Gasteiger partial charge on any atom is 0.327 e. The predicted molar refractivity (Wildman–Crippen MR) is 98.5 cm³/mol. The Kier molecular flexibility index (Phi) is 9.70. The molecule has 0 unspecified atom stereocenters. The molecule has 1 rings (SSSR count). The monoisotopic (exact) mass is 386 g/mol. The molecule has 10 nitrogen and oxygen atoms in total. The van der Waals surface area contributed by atoms with E-state index in [4.69, 9.17) is 16.6 Å². The van der Waals surface area contributed by atoms with Crippen molar-refractivity contribution in [3.63, 3.8) is 0 Å². The quantitative estimate of drug-likeness (QED) is 0.167. The van der Waals surface area contributed by atoms with Crippen LogP contribution in [-0.4, -0.2) is 63.3 Å². The van der Waals surface area contributed by atoms with Crippen molar-refractivity contribution in [1.29, 1.82) is 0 Å². The number of hydrogen-bond donors (Lipinski definition) is 7. The Morgan fingerprint density at radius 2 is 1.92 bits per heavy atom. The van der Waals surface area contributed by atoms with E-state index < -0.39 is 35.9 Å². The van der Waals surface area contributed by atoms with Crippen LogP contribution in [0.2, 0.25) is 0 Å². The Hall–Kier alpha value is -2.11. The van der Waals surface area contributed by atoms with Crippen LogP contribution < -0.4 is 22.1 Å². The average molecular weight is 386 g/mol. The summed E-state index contributed by atoms with van der Waals surface area (Å²) in [4.78, 5) is 42.5. The lowest BCUT2D eigenvalue weighted by Gasteiger charge is -2.22. The first-order valence-electron chi connectivity index (χ1n) is 8.26. The second-order valence-electron chi connectivity index (χ2n) is 5.82. The summed E-state index contributed by atoms with van der Waals surface area (Å²) in [5.74, 6) is -2.41. The highest BCUT2D eigenvalue weighted by atomic mass is 32.1. The molecule has 0 aliphatic heterocycles. The Balaban J connectivity index is 2.76. The number of carboxylic acids is 1. The number of nitrogens with zero attached hydrogens (tertiary/aromatic N) is 1. The first kappa shape index (κ1) is 21.9. The van der Waals surface area contributed by atoms with E-state index in [9.17, 15) is 14.4 Å². The number of aliphatic carboxylic acids is 1. The second kappa shape index (κ2) is 11.5. The summed E-state index contributed by atoms with van der Waals surface area (Å²) in [5.41, 5.74) is 11.9. The Morgan fingerprint density at radius 3 is 2.46 bits per heavy atom. The fourth-order valence-corrected chi connectivity index (χ4v) is 2.45. The van der Waals surface area contributed by atoms with E-state index in [1.807, 2.05) is 0 Å². The molecular weight excluding hydrogens is 360 g/mol. The summed E-state index contributed by atoms with van der Waals surface area (Å²) in [6.07, 6.45) is 4.96. The number of hydrogen-bond acceptors (Lipinski definition) is 7. The van der Waals surface area contributed by atoms with Crippen molar-refractivity contribution < 1.29 is 19.5 Å². The zero-order chi connectivity index (χ0) is 19.5. The molecule has 1 aromatic rings. The third kappa shape index (κ3) is 7.42. The molecule has 1 aromatic heterocycles. The molecule has 0 bridgehead atoms. The molecule has 1 heterocycles. The zero-order valence-corrected chi connectivity index (χ0v) is 15.2. The molecule has 3 atom stereocenters. The van der Waals surface area contributed by atoms with Crippen LogP contribution in [0.1, 0.15) is 25.0 Å². The maximum atomic E-state index is 12.4. The van der Waals surface area contributed by atoms with Gasteiger partial charge in [0.05, 0.1) is 12.4 Å². The number of H-pyrrole nitrogens is 1. The highest BCUT2D eigenvalue weighted by Crippen LogP contribution is 2.03. The molecule has 0 aliphatic carbocycles. The lowest BCUT2D eigenvalue weighted by molar-refractivity contribution is -0.141. The Morgan fingerprint density at radius 1 is 1.23 bits per heavy atom. The number of amides is 2. The van der Waals surface area contributed by atoms with Crippen LogP contribution in [0.4, 0.5) is 0 Å². The van der Waals surface area contributed by atoms with E-state index >= 15 is 0 Å². The van der Waals surface area contributed by atoms with Gasteiger partial charge in [-0.3, -0.25) is 9.59 Å². The second-order valence-corrected chi connectivity index (χ2v) is 6.18. The largest absolute Gasteiger partial charge is 0.480 e. The summed E-state index contributed by atoms with van der Waals surface area (Å²) < 4.78 is 0. The molecule has 2 amide bonds. The van der Waals surface area contributed by atoms with Gasteiger partial charge in [-0.05, 0) is 19.4 Å². The fraction of sp³-hybridized carbons (Fsp3) is 0.600. The number of thiol groups is 1. The van der Waals surface area contributed by atoms with Crippen LogP contribution in [-0.2, 0) is 20.8 Å². The number of carbonyl (C=O) groups is 3. The third-order valence-corrected chi connectivity index (χ3v) is 4.08. The van der Waals surface area contributed by atoms with Gasteiger partial charge in [-0.1, -0.05) is 6.42 Å². The maximum absolute atomic E-state index is 12.4. The number of nitrogens with one attached hydrogen (secondary N) is 3. The lowest BCUT2D eigenvalue weighted by atomic mass is 10.1. The molecule has 0 saturated carbocycles. The van der Waals surface area contributed by atoms with Gasteiger partial charge in [0.25, 0.3) is 0 Å². The van der Waals surface area contributed by atoms with Gasteiger partial charge in [-0.2, -0.15) is 12.6 Å². The van der Waals surface area contributed by atoms with E-state index in [1.54, 1.807) is 0 Å². The molecule has 0 radical (unpaired) electrons. The SMILES string of the molecule is NCCCC[C@H](N)C(=O)N[C@@H](Cc1cnc[nH]1)C(=O)N[C@@H](CS)C(=O)O. The van der Waals surface area contributed by atoms with E-state index in [0.717, 1.165) is 6.42 Å². The fourth-order valence-electron chi connectivity index (χ4n) is 2.20. The van der Waals surface area contributed by atoms with E-state index in [0.29, 0.717) is 25.1 Å². The van der Waals surface area contributed by atoms with Gasteiger partial charge in [0.2, 0.25) is 11.8 Å². The Labute approximate surface area is 156 Å². The predicted octanol–water partition coefficient (Wildman–Crippen LogP) is -1.61. The molecule has 0 saturated heterocycles. The van der Waals surface area contributed by atoms with Gasteiger partial charge in [-0.25, -0.2) is 9.78 Å². The first-order valence-corrected chi connectivity index (χ1v) is 8.89. The van der Waals surface area contributed by atoms with Crippen molar-refractivity contribution in [3.8, 4) is 0 Å². The number of aromatic nitrogens is 2. The summed E-state index contributed by atoms with van der Waals surface area (Å²) >= 11 is 3.91. The molecular formula is C15H26N6O4S. The van der Waals surface area contributed by atoms with E-state index in [-0.39, 0.29) is 12.2 Å². The van der Waals surface area contributed by atoms with Crippen molar-refractivity contribution in [1.82, 2.24) is 20.6 Å². The molecule has 26 heavy (non-hydrogen) atoms. The highest BCUT2D eigenvalue weighted by molar-refractivity contribution is 7.80. The smallest absolute Gasteiger partial charge is 0.327 e. The van der Waals surface area contributed by atoms with Crippen molar-refractivity contribution in [2.75, 3.05) is 12.3 Å². The summed E-state index contributed by atoms with van der Waals surface area (Å²) in [5, 5.41) is 14.0. The van der Waals surface area contributed by atoms with Crippen LogP contribution >= 0.6 is 12.6 Å². The standard InChI is InChI=1S/C15H26N6O4S/c16-4-2-1-3-10(17)13(22)20-11(5-9-6-18-8-19-9)14(23)21-12(7-26)15(24)25/h6,8,10-12,26H,1-5,7,16-17H2,(H,18,19)(H,20,22)(H,21,23)(H,24,25)/t10-,11-,12-/m0/s1. The molecule has 8 N–H and O–H groups in total. The van der Waals surface area contributed by atoms with Crippen LogP contribution in [0.5, 0.6) is 0 Å². The van der Waals surface area contributed by atoms with Crippen molar-refractivity contribution in [3.05, 3.63) is 18.2 Å². The number of carboxylic acid groups (broad SMARTS) is 1. The molecule has 0 fully saturated rings. The van der Waals surface area contributed by atoms with Gasteiger partial charge in [0.15, 0.2) is 0 Å². The van der Waals surface area contributed by atoms with Crippen LogP contribution in [0.25, 0.3) is 0 Å². The average Bonchev–Trinajstić information content (AvgIpc) is 3.11. The molecule has 0 aliphatic rings. The van der Waals surface area contributed by atoms with Crippen LogP contribution in [0.15, 0.2) is 12.5 Å². The third-order valence-electron chi connectivity index (χ3n) is 3.72. The number of carbonyl (C=O) groups excluding carboxylic acids is 2. The van der Waals surface area contributed by atoms with Gasteiger partial charge >= 0.3 is 5.97 Å². The minimum Gasteiger partial charge on any atom is -0.480 e. The van der Waals surface area contributed by atoms with E-state index in [2.05, 4.69) is 33.2 Å². The number of imidazole rings is 1. The summed E-state index contributed by atoms with van der Waals surface area (Å²) in [7, 11) is 0. The summed E-state index contributed by atoms with van der Waals surface area (Å²) in [6, 6.07) is -2.94. The minimum absolute atomic E-state index is 0.0790. The van der Waals surface area contributed by atoms with Gasteiger partial charge in [-0.15, -0.1) is 0 Å². The Bertz CT molecular complexity index is 583. The normalized spacial score (nSPS) is 14.3. The minimum atomic E-state index is -1.21. The number of rotatable bonds is 12. The number of nitrogens with two attached hydrogens (primary N) is 2. The lowest BCUT2D eigenvalue weighted by Crippen LogP contribution is -2.55. The molecule has 146 valence electrons. The highest BCUT2D eigenvalue weighted by Gasteiger charge is 2.27. The van der Waals surface area contributed by atoms with Crippen molar-refractivity contribution in [2.24, 2.45) is 11.5 Å². The molecule has 11 heteroatoms. The van der Waals surface area contributed by atoms with Crippen molar-refractivity contribution >= 4 is 30.4 Å². The number of aromatic amines is 1. The van der Waals surface area contributed by atoms with Crippen molar-refractivity contribution in [2.45, 2.75) is 43.8 Å². The van der Waals surface area contributed by atoms with Gasteiger partial charge in [0, 0.05) is 24.1 Å².